The number of rotatable bonds is 3. The van der Waals surface area contributed by atoms with Crippen LogP contribution in [0.2, 0.25) is 0 Å². The zero-order valence-electron chi connectivity index (χ0n) is 14.1. The van der Waals surface area contributed by atoms with Crippen LogP contribution in [0.4, 0.5) is 11.4 Å². The molecular formula is C20H19N3O2. The van der Waals surface area contributed by atoms with Gasteiger partial charge in [0.05, 0.1) is 5.69 Å². The van der Waals surface area contributed by atoms with Crippen molar-refractivity contribution in [2.75, 3.05) is 11.1 Å². The quantitative estimate of drug-likeness (QED) is 0.685. The zero-order chi connectivity index (χ0) is 18.0. The average molecular weight is 333 g/mol. The Morgan fingerprint density at radius 1 is 1.08 bits per heavy atom. The number of benzene rings is 2. The second-order valence-corrected chi connectivity index (χ2v) is 5.97. The van der Waals surface area contributed by atoms with Gasteiger partial charge in [0, 0.05) is 23.0 Å². The smallest absolute Gasteiger partial charge is 0.271 e. The van der Waals surface area contributed by atoms with Crippen LogP contribution in [-0.2, 0) is 0 Å². The van der Waals surface area contributed by atoms with E-state index in [2.05, 4.69) is 10.3 Å². The average Bonchev–Trinajstić information content (AvgIpc) is 2.60. The summed E-state index contributed by atoms with van der Waals surface area (Å²) in [7, 11) is 0. The van der Waals surface area contributed by atoms with Crippen LogP contribution in [0.5, 0.6) is 0 Å². The summed E-state index contributed by atoms with van der Waals surface area (Å²) in [5, 5.41) is 2.94. The molecule has 4 N–H and O–H groups in total. The van der Waals surface area contributed by atoms with Gasteiger partial charge in [-0.1, -0.05) is 29.8 Å². The molecule has 0 aliphatic rings. The Labute approximate surface area is 145 Å². The number of anilines is 2. The monoisotopic (exact) mass is 333 g/mol. The van der Waals surface area contributed by atoms with E-state index in [-0.39, 0.29) is 17.2 Å². The molecule has 2 aromatic carbocycles. The molecule has 0 bridgehead atoms. The normalized spacial score (nSPS) is 10.5. The van der Waals surface area contributed by atoms with E-state index in [0.717, 1.165) is 22.3 Å². The fraction of sp³-hybridized carbons (Fsp3) is 0.100. The fourth-order valence-electron chi connectivity index (χ4n) is 2.64. The number of nitrogens with two attached hydrogens (primary N) is 1. The van der Waals surface area contributed by atoms with Crippen LogP contribution in [0, 0.1) is 13.8 Å². The van der Waals surface area contributed by atoms with Gasteiger partial charge in [0.2, 0.25) is 0 Å². The van der Waals surface area contributed by atoms with Crippen LogP contribution < -0.4 is 16.6 Å². The molecule has 1 aromatic heterocycles. The Morgan fingerprint density at radius 2 is 1.80 bits per heavy atom. The largest absolute Gasteiger partial charge is 0.394 e. The van der Waals surface area contributed by atoms with Gasteiger partial charge in [-0.05, 0) is 49.2 Å². The molecule has 0 atom stereocenters. The number of aromatic amines is 1. The molecule has 0 saturated heterocycles. The maximum atomic E-state index is 12.4. The number of amides is 1. The van der Waals surface area contributed by atoms with Gasteiger partial charge in [-0.2, -0.15) is 0 Å². The summed E-state index contributed by atoms with van der Waals surface area (Å²) >= 11 is 0. The zero-order valence-corrected chi connectivity index (χ0v) is 14.1. The van der Waals surface area contributed by atoms with Crippen molar-refractivity contribution in [3.05, 3.63) is 81.8 Å². The molecule has 0 aliphatic heterocycles. The minimum absolute atomic E-state index is 0.158. The highest BCUT2D eigenvalue weighted by atomic mass is 16.1. The Kier molecular flexibility index (Phi) is 4.39. The molecule has 1 amide bonds. The van der Waals surface area contributed by atoms with Gasteiger partial charge in [-0.15, -0.1) is 0 Å². The van der Waals surface area contributed by atoms with E-state index >= 15 is 0 Å². The third-order valence-electron chi connectivity index (χ3n) is 4.14. The number of carbonyl (C=O) groups is 1. The number of nitrogens with one attached hydrogen (secondary N) is 2. The lowest BCUT2D eigenvalue weighted by molar-refractivity contribution is 0.102. The van der Waals surface area contributed by atoms with Crippen molar-refractivity contribution in [1.29, 1.82) is 0 Å². The lowest BCUT2D eigenvalue weighted by atomic mass is 10.00. The van der Waals surface area contributed by atoms with Crippen molar-refractivity contribution in [2.24, 2.45) is 0 Å². The standard InChI is InChI=1S/C20H19N3O2/c1-12-6-8-14(9-7-12)19(24)23-18-5-3-4-16(13(18)2)15-10-17(21)20(25)22-11-15/h3-11H,21H2,1-2H3,(H,22,25)(H,23,24). The molecule has 0 spiro atoms. The molecule has 5 nitrogen and oxygen atoms in total. The minimum Gasteiger partial charge on any atom is -0.394 e. The first kappa shape index (κ1) is 16.5. The van der Waals surface area contributed by atoms with Gasteiger partial charge >= 0.3 is 0 Å². The summed E-state index contributed by atoms with van der Waals surface area (Å²) in [6.45, 7) is 3.90. The summed E-state index contributed by atoms with van der Waals surface area (Å²) in [5.74, 6) is -0.166. The number of nitrogen functional groups attached to an aromatic ring is 1. The maximum Gasteiger partial charge on any atom is 0.271 e. The van der Waals surface area contributed by atoms with Crippen LogP contribution in [0.1, 0.15) is 21.5 Å². The second-order valence-electron chi connectivity index (χ2n) is 5.97. The van der Waals surface area contributed by atoms with E-state index < -0.39 is 0 Å². The lowest BCUT2D eigenvalue weighted by Gasteiger charge is -2.13. The highest BCUT2D eigenvalue weighted by molar-refractivity contribution is 6.05. The number of aryl methyl sites for hydroxylation is 1. The Balaban J connectivity index is 1.93. The first-order chi connectivity index (χ1) is 12.0. The third kappa shape index (κ3) is 3.45. The SMILES string of the molecule is Cc1ccc(C(=O)Nc2cccc(-c3c[nH]c(=O)c(N)c3)c2C)cc1. The van der Waals surface area contributed by atoms with Crippen molar-refractivity contribution in [3.8, 4) is 11.1 Å². The number of pyridine rings is 1. The highest BCUT2D eigenvalue weighted by Gasteiger charge is 2.11. The number of aromatic nitrogens is 1. The van der Waals surface area contributed by atoms with E-state index in [9.17, 15) is 9.59 Å². The lowest BCUT2D eigenvalue weighted by Crippen LogP contribution is -2.13. The Hall–Kier alpha value is -3.34. The van der Waals surface area contributed by atoms with E-state index in [1.807, 2.05) is 44.2 Å². The molecule has 5 heteroatoms. The van der Waals surface area contributed by atoms with Gasteiger partial charge < -0.3 is 16.0 Å². The van der Waals surface area contributed by atoms with Gasteiger partial charge in [0.15, 0.2) is 0 Å². The van der Waals surface area contributed by atoms with Crippen LogP contribution >= 0.6 is 0 Å². The van der Waals surface area contributed by atoms with E-state index in [0.29, 0.717) is 11.3 Å². The van der Waals surface area contributed by atoms with Gasteiger partial charge in [-0.3, -0.25) is 9.59 Å². The van der Waals surface area contributed by atoms with E-state index in [1.165, 1.54) is 0 Å². The number of hydrogen-bond donors (Lipinski definition) is 3. The molecular weight excluding hydrogens is 314 g/mol. The minimum atomic E-state index is -0.315. The van der Waals surface area contributed by atoms with Crippen LogP contribution in [0.3, 0.4) is 0 Å². The van der Waals surface area contributed by atoms with Crippen LogP contribution in [-0.4, -0.2) is 10.9 Å². The van der Waals surface area contributed by atoms with Gasteiger partial charge in [0.25, 0.3) is 11.5 Å². The molecule has 0 unspecified atom stereocenters. The molecule has 1 heterocycles. The second kappa shape index (κ2) is 6.65. The van der Waals surface area contributed by atoms with E-state index in [4.69, 9.17) is 5.73 Å². The van der Waals surface area contributed by atoms with Crippen LogP contribution in [0.15, 0.2) is 59.5 Å². The number of carbonyl (C=O) groups excluding carboxylic acids is 1. The van der Waals surface area contributed by atoms with Crippen molar-refractivity contribution in [1.82, 2.24) is 4.98 Å². The molecule has 126 valence electrons. The third-order valence-corrected chi connectivity index (χ3v) is 4.14. The Morgan fingerprint density at radius 3 is 2.48 bits per heavy atom. The van der Waals surface area contributed by atoms with Gasteiger partial charge in [-0.25, -0.2) is 0 Å². The summed E-state index contributed by atoms with van der Waals surface area (Å²) < 4.78 is 0. The van der Waals surface area contributed by atoms with Crippen molar-refractivity contribution in [2.45, 2.75) is 13.8 Å². The van der Waals surface area contributed by atoms with Crippen molar-refractivity contribution < 1.29 is 4.79 Å². The van der Waals surface area contributed by atoms with Crippen molar-refractivity contribution in [3.63, 3.8) is 0 Å². The van der Waals surface area contributed by atoms with Crippen molar-refractivity contribution >= 4 is 17.3 Å². The number of H-pyrrole nitrogens is 1. The first-order valence-corrected chi connectivity index (χ1v) is 7.92. The molecule has 0 aliphatic carbocycles. The Bertz CT molecular complexity index is 989. The summed E-state index contributed by atoms with van der Waals surface area (Å²) in [4.78, 5) is 26.5. The molecule has 3 rings (SSSR count). The first-order valence-electron chi connectivity index (χ1n) is 7.92. The topological polar surface area (TPSA) is 88.0 Å². The summed E-state index contributed by atoms with van der Waals surface area (Å²) in [6, 6.07) is 14.7. The molecule has 0 radical (unpaired) electrons. The summed E-state index contributed by atoms with van der Waals surface area (Å²) in [6.07, 6.45) is 1.62. The predicted molar refractivity (Wildman–Crippen MR) is 101 cm³/mol. The molecule has 0 saturated carbocycles. The predicted octanol–water partition coefficient (Wildman–Crippen LogP) is 3.49. The molecule has 0 fully saturated rings. The van der Waals surface area contributed by atoms with E-state index in [1.54, 1.807) is 24.4 Å². The molecule has 25 heavy (non-hydrogen) atoms. The fourth-order valence-corrected chi connectivity index (χ4v) is 2.64. The van der Waals surface area contributed by atoms with Gasteiger partial charge in [0.1, 0.15) is 0 Å². The number of hydrogen-bond acceptors (Lipinski definition) is 3. The summed E-state index contributed by atoms with van der Waals surface area (Å²) in [5.41, 5.74) is 10.5. The van der Waals surface area contributed by atoms with Crippen LogP contribution in [0.25, 0.3) is 11.1 Å². The highest BCUT2D eigenvalue weighted by Crippen LogP contribution is 2.28. The maximum absolute atomic E-state index is 12.4. The molecule has 3 aromatic rings.